The summed E-state index contributed by atoms with van der Waals surface area (Å²) in [6, 6.07) is 1.81. The lowest BCUT2D eigenvalue weighted by Crippen LogP contribution is -2.27. The number of likely N-dealkylation sites (tertiary alicyclic amines) is 1. The number of halogens is 1. The first-order valence-corrected chi connectivity index (χ1v) is 5.46. The van der Waals surface area contributed by atoms with Gasteiger partial charge in [-0.25, -0.2) is 0 Å². The van der Waals surface area contributed by atoms with E-state index in [0.717, 1.165) is 30.4 Å². The van der Waals surface area contributed by atoms with Gasteiger partial charge in [0.2, 0.25) is 0 Å². The van der Waals surface area contributed by atoms with Crippen molar-refractivity contribution >= 4 is 21.8 Å². The molecule has 1 aliphatic heterocycles. The van der Waals surface area contributed by atoms with Crippen molar-refractivity contribution < 1.29 is 4.79 Å². The Morgan fingerprint density at radius 2 is 2.07 bits per heavy atom. The third-order valence-electron chi connectivity index (χ3n) is 2.35. The molecule has 0 spiro atoms. The summed E-state index contributed by atoms with van der Waals surface area (Å²) in [6.45, 7) is 1.76. The van der Waals surface area contributed by atoms with Crippen LogP contribution in [-0.2, 0) is 0 Å². The SMILES string of the molecule is O=C(c1cncc(Br)c1)N1CCCC1. The third-order valence-corrected chi connectivity index (χ3v) is 2.78. The van der Waals surface area contributed by atoms with Crippen LogP contribution in [0.2, 0.25) is 0 Å². The van der Waals surface area contributed by atoms with Gasteiger partial charge in [-0.15, -0.1) is 0 Å². The maximum atomic E-state index is 11.9. The van der Waals surface area contributed by atoms with Gasteiger partial charge in [-0.2, -0.15) is 0 Å². The molecular formula is C10H11BrN2O. The number of hydrogen-bond acceptors (Lipinski definition) is 2. The van der Waals surface area contributed by atoms with Crippen LogP contribution in [0.15, 0.2) is 22.9 Å². The number of nitrogens with zero attached hydrogens (tertiary/aromatic N) is 2. The minimum absolute atomic E-state index is 0.0938. The van der Waals surface area contributed by atoms with Crippen molar-refractivity contribution in [2.75, 3.05) is 13.1 Å². The number of hydrogen-bond donors (Lipinski definition) is 0. The smallest absolute Gasteiger partial charge is 0.255 e. The van der Waals surface area contributed by atoms with E-state index in [1.165, 1.54) is 0 Å². The van der Waals surface area contributed by atoms with Crippen molar-refractivity contribution in [2.45, 2.75) is 12.8 Å². The minimum atomic E-state index is 0.0938. The molecule has 0 atom stereocenters. The van der Waals surface area contributed by atoms with Crippen LogP contribution in [0, 0.1) is 0 Å². The highest BCUT2D eigenvalue weighted by molar-refractivity contribution is 9.10. The van der Waals surface area contributed by atoms with E-state index in [1.807, 2.05) is 11.0 Å². The first-order chi connectivity index (χ1) is 6.77. The van der Waals surface area contributed by atoms with Gasteiger partial charge in [-0.05, 0) is 34.8 Å². The van der Waals surface area contributed by atoms with Gasteiger partial charge >= 0.3 is 0 Å². The van der Waals surface area contributed by atoms with Gasteiger partial charge in [0, 0.05) is 30.0 Å². The first-order valence-electron chi connectivity index (χ1n) is 4.67. The van der Waals surface area contributed by atoms with Gasteiger partial charge in [-0.3, -0.25) is 9.78 Å². The highest BCUT2D eigenvalue weighted by Crippen LogP contribution is 2.15. The van der Waals surface area contributed by atoms with E-state index < -0.39 is 0 Å². The highest BCUT2D eigenvalue weighted by Gasteiger charge is 2.19. The molecule has 2 heterocycles. The molecule has 0 aliphatic carbocycles. The highest BCUT2D eigenvalue weighted by atomic mass is 79.9. The average molecular weight is 255 g/mol. The Hall–Kier alpha value is -0.900. The Balaban J connectivity index is 2.17. The third kappa shape index (κ3) is 1.95. The Morgan fingerprint density at radius 1 is 1.36 bits per heavy atom. The summed E-state index contributed by atoms with van der Waals surface area (Å²) in [7, 11) is 0. The first kappa shape index (κ1) is 9.65. The lowest BCUT2D eigenvalue weighted by atomic mass is 10.2. The summed E-state index contributed by atoms with van der Waals surface area (Å²) >= 11 is 3.31. The summed E-state index contributed by atoms with van der Waals surface area (Å²) in [6.07, 6.45) is 5.53. The Bertz CT molecular complexity index is 348. The second kappa shape index (κ2) is 4.09. The van der Waals surface area contributed by atoms with Gasteiger partial charge in [0.25, 0.3) is 5.91 Å². The van der Waals surface area contributed by atoms with Gasteiger partial charge in [0.05, 0.1) is 5.56 Å². The van der Waals surface area contributed by atoms with Crippen LogP contribution in [0.4, 0.5) is 0 Å². The molecular weight excluding hydrogens is 244 g/mol. The monoisotopic (exact) mass is 254 g/mol. The molecule has 1 amide bonds. The molecule has 2 rings (SSSR count). The van der Waals surface area contributed by atoms with Crippen LogP contribution in [0.1, 0.15) is 23.2 Å². The molecule has 74 valence electrons. The molecule has 0 N–H and O–H groups in total. The van der Waals surface area contributed by atoms with E-state index in [4.69, 9.17) is 0 Å². The lowest BCUT2D eigenvalue weighted by molar-refractivity contribution is 0.0792. The van der Waals surface area contributed by atoms with Crippen molar-refractivity contribution in [2.24, 2.45) is 0 Å². The summed E-state index contributed by atoms with van der Waals surface area (Å²) < 4.78 is 0.850. The molecule has 1 aliphatic rings. The van der Waals surface area contributed by atoms with Gasteiger partial charge in [0.1, 0.15) is 0 Å². The lowest BCUT2D eigenvalue weighted by Gasteiger charge is -2.14. The van der Waals surface area contributed by atoms with E-state index in [1.54, 1.807) is 12.4 Å². The molecule has 1 aromatic heterocycles. The number of carbonyl (C=O) groups is 1. The topological polar surface area (TPSA) is 33.2 Å². The van der Waals surface area contributed by atoms with Gasteiger partial charge in [0.15, 0.2) is 0 Å². The fourth-order valence-electron chi connectivity index (χ4n) is 1.63. The fraction of sp³-hybridized carbons (Fsp3) is 0.400. The maximum absolute atomic E-state index is 11.9. The zero-order valence-electron chi connectivity index (χ0n) is 7.74. The molecule has 1 fully saturated rings. The minimum Gasteiger partial charge on any atom is -0.339 e. The Kier molecular flexibility index (Phi) is 2.82. The van der Waals surface area contributed by atoms with Crippen LogP contribution in [0.25, 0.3) is 0 Å². The van der Waals surface area contributed by atoms with Gasteiger partial charge in [-0.1, -0.05) is 0 Å². The molecule has 1 aromatic rings. The van der Waals surface area contributed by atoms with Crippen molar-refractivity contribution in [3.63, 3.8) is 0 Å². The fourth-order valence-corrected chi connectivity index (χ4v) is 2.00. The summed E-state index contributed by atoms with van der Waals surface area (Å²) in [4.78, 5) is 17.7. The Labute approximate surface area is 91.3 Å². The van der Waals surface area contributed by atoms with Crippen LogP contribution >= 0.6 is 15.9 Å². The zero-order chi connectivity index (χ0) is 9.97. The average Bonchev–Trinajstić information content (AvgIpc) is 2.69. The molecule has 4 heteroatoms. The molecule has 0 unspecified atom stereocenters. The number of amides is 1. The molecule has 0 bridgehead atoms. The van der Waals surface area contributed by atoms with E-state index >= 15 is 0 Å². The summed E-state index contributed by atoms with van der Waals surface area (Å²) in [5, 5.41) is 0. The van der Waals surface area contributed by atoms with Crippen molar-refractivity contribution in [1.29, 1.82) is 0 Å². The summed E-state index contributed by atoms with van der Waals surface area (Å²) in [5.41, 5.74) is 0.668. The van der Waals surface area contributed by atoms with Crippen LogP contribution < -0.4 is 0 Å². The number of carbonyl (C=O) groups excluding carboxylic acids is 1. The predicted molar refractivity (Wildman–Crippen MR) is 57.1 cm³/mol. The van der Waals surface area contributed by atoms with Crippen molar-refractivity contribution in [3.8, 4) is 0 Å². The quantitative estimate of drug-likeness (QED) is 0.769. The second-order valence-electron chi connectivity index (χ2n) is 3.39. The second-order valence-corrected chi connectivity index (χ2v) is 4.31. The van der Waals surface area contributed by atoms with Crippen LogP contribution in [0.5, 0.6) is 0 Å². The number of rotatable bonds is 1. The molecule has 1 saturated heterocycles. The molecule has 0 radical (unpaired) electrons. The van der Waals surface area contributed by atoms with Gasteiger partial charge < -0.3 is 4.90 Å². The molecule has 0 saturated carbocycles. The molecule has 0 aromatic carbocycles. The standard InChI is InChI=1S/C10H11BrN2O/c11-9-5-8(6-12-7-9)10(14)13-3-1-2-4-13/h5-7H,1-4H2. The maximum Gasteiger partial charge on any atom is 0.255 e. The van der Waals surface area contributed by atoms with E-state index in [9.17, 15) is 4.79 Å². The van der Waals surface area contributed by atoms with Crippen molar-refractivity contribution in [3.05, 3.63) is 28.5 Å². The van der Waals surface area contributed by atoms with Crippen LogP contribution in [0.3, 0.4) is 0 Å². The molecule has 3 nitrogen and oxygen atoms in total. The summed E-state index contributed by atoms with van der Waals surface area (Å²) in [5.74, 6) is 0.0938. The predicted octanol–water partition coefficient (Wildman–Crippen LogP) is 2.08. The largest absolute Gasteiger partial charge is 0.339 e. The van der Waals surface area contributed by atoms with E-state index in [0.29, 0.717) is 5.56 Å². The Morgan fingerprint density at radius 3 is 2.71 bits per heavy atom. The number of aromatic nitrogens is 1. The van der Waals surface area contributed by atoms with Crippen molar-refractivity contribution in [1.82, 2.24) is 9.88 Å². The normalized spacial score (nSPS) is 15.9. The zero-order valence-corrected chi connectivity index (χ0v) is 9.33. The molecule has 14 heavy (non-hydrogen) atoms. The van der Waals surface area contributed by atoms with E-state index in [2.05, 4.69) is 20.9 Å². The van der Waals surface area contributed by atoms with Crippen LogP contribution in [-0.4, -0.2) is 28.9 Å². The van der Waals surface area contributed by atoms with E-state index in [-0.39, 0.29) is 5.91 Å². The number of pyridine rings is 1.